The summed E-state index contributed by atoms with van der Waals surface area (Å²) in [5.41, 5.74) is 2.60. The average Bonchev–Trinajstić information content (AvgIpc) is 3.40. The van der Waals surface area contributed by atoms with E-state index >= 15 is 0 Å². The van der Waals surface area contributed by atoms with E-state index in [1.54, 1.807) is 32.5 Å². The maximum atomic E-state index is 12.7. The van der Waals surface area contributed by atoms with E-state index in [0.29, 0.717) is 27.5 Å². The van der Waals surface area contributed by atoms with Crippen LogP contribution in [0.2, 0.25) is 5.02 Å². The first kappa shape index (κ1) is 21.9. The van der Waals surface area contributed by atoms with Crippen LogP contribution in [-0.4, -0.2) is 34.7 Å². The molecule has 0 radical (unpaired) electrons. The van der Waals surface area contributed by atoms with Crippen molar-refractivity contribution >= 4 is 34.7 Å². The minimum absolute atomic E-state index is 0.173. The number of carbonyl (C=O) groups excluding carboxylic acids is 1. The van der Waals surface area contributed by atoms with E-state index in [9.17, 15) is 4.79 Å². The summed E-state index contributed by atoms with van der Waals surface area (Å²) in [6, 6.07) is 12.9. The summed E-state index contributed by atoms with van der Waals surface area (Å²) in [4.78, 5) is 21.8. The molecule has 1 amide bonds. The molecule has 4 aromatic rings. The largest absolute Gasteiger partial charge is 0.493 e. The lowest BCUT2D eigenvalue weighted by molar-refractivity contribution is -0.115. The molecule has 0 bridgehead atoms. The van der Waals surface area contributed by atoms with Crippen LogP contribution in [0.1, 0.15) is 11.4 Å². The van der Waals surface area contributed by atoms with Gasteiger partial charge in [-0.2, -0.15) is 0 Å². The molecular weight excluding hydrogens is 448 g/mol. The number of imidazole rings is 1. The lowest BCUT2D eigenvalue weighted by Gasteiger charge is -2.11. The summed E-state index contributed by atoms with van der Waals surface area (Å²) in [5, 5.41) is 6.29. The normalized spacial score (nSPS) is 10.8. The Labute approximate surface area is 194 Å². The van der Waals surface area contributed by atoms with Crippen molar-refractivity contribution in [3.05, 3.63) is 70.5 Å². The van der Waals surface area contributed by atoms with Crippen LogP contribution in [0.5, 0.6) is 11.5 Å². The molecule has 0 saturated heterocycles. The van der Waals surface area contributed by atoms with Gasteiger partial charge in [0.15, 0.2) is 16.6 Å². The summed E-state index contributed by atoms with van der Waals surface area (Å²) in [7, 11) is 3.14. The van der Waals surface area contributed by atoms with E-state index in [2.05, 4.69) is 10.3 Å². The molecule has 9 heteroatoms. The fourth-order valence-electron chi connectivity index (χ4n) is 3.26. The predicted molar refractivity (Wildman–Crippen MR) is 126 cm³/mol. The van der Waals surface area contributed by atoms with E-state index in [1.807, 2.05) is 47.2 Å². The van der Waals surface area contributed by atoms with Crippen molar-refractivity contribution in [3.63, 3.8) is 0 Å². The van der Waals surface area contributed by atoms with Crippen LogP contribution < -0.4 is 14.8 Å². The summed E-state index contributed by atoms with van der Waals surface area (Å²) in [6.45, 7) is 1.87. The third kappa shape index (κ3) is 4.61. The van der Waals surface area contributed by atoms with Gasteiger partial charge >= 0.3 is 0 Å². The molecule has 32 heavy (non-hydrogen) atoms. The van der Waals surface area contributed by atoms with E-state index in [0.717, 1.165) is 22.6 Å². The molecular formula is C23H21ClN4O3S. The number of halogens is 1. The second-order valence-electron chi connectivity index (χ2n) is 6.96. The zero-order valence-electron chi connectivity index (χ0n) is 17.8. The number of hydrogen-bond donors (Lipinski definition) is 1. The molecule has 1 N–H and O–H groups in total. The minimum Gasteiger partial charge on any atom is -0.493 e. The highest BCUT2D eigenvalue weighted by Gasteiger charge is 2.16. The Morgan fingerprint density at radius 3 is 2.59 bits per heavy atom. The molecule has 0 unspecified atom stereocenters. The number of benzene rings is 2. The molecule has 164 valence electrons. The number of hydrogen-bond acceptors (Lipinski definition) is 6. The fraction of sp³-hybridized carbons (Fsp3) is 0.174. The lowest BCUT2D eigenvalue weighted by Crippen LogP contribution is -2.17. The smallest absolute Gasteiger partial charge is 0.229 e. The van der Waals surface area contributed by atoms with Gasteiger partial charge in [0.1, 0.15) is 11.6 Å². The highest BCUT2D eigenvalue weighted by molar-refractivity contribution is 7.12. The monoisotopic (exact) mass is 468 g/mol. The van der Waals surface area contributed by atoms with Gasteiger partial charge in [-0.15, -0.1) is 11.3 Å². The Morgan fingerprint density at radius 2 is 1.88 bits per heavy atom. The Balaban J connectivity index is 1.53. The Hall–Kier alpha value is -3.36. The third-order valence-corrected chi connectivity index (χ3v) is 5.92. The van der Waals surface area contributed by atoms with Gasteiger partial charge in [-0.05, 0) is 36.8 Å². The first-order valence-corrected chi connectivity index (χ1v) is 11.0. The number of aryl methyl sites for hydroxylation is 1. The average molecular weight is 469 g/mol. The van der Waals surface area contributed by atoms with E-state index < -0.39 is 0 Å². The number of methoxy groups -OCH3 is 2. The van der Waals surface area contributed by atoms with E-state index in [1.165, 1.54) is 11.3 Å². The molecule has 0 spiro atoms. The predicted octanol–water partition coefficient (Wildman–Crippen LogP) is 5.16. The van der Waals surface area contributed by atoms with Crippen LogP contribution in [0.25, 0.3) is 16.4 Å². The Morgan fingerprint density at radius 1 is 1.12 bits per heavy atom. The quantitative estimate of drug-likeness (QED) is 0.405. The zero-order valence-corrected chi connectivity index (χ0v) is 19.3. The van der Waals surface area contributed by atoms with Crippen LogP contribution >= 0.6 is 22.9 Å². The molecule has 0 fully saturated rings. The molecule has 0 saturated carbocycles. The topological polar surface area (TPSA) is 78.3 Å². The van der Waals surface area contributed by atoms with Gasteiger partial charge in [0.2, 0.25) is 5.91 Å². The first-order valence-electron chi connectivity index (χ1n) is 9.75. The maximum absolute atomic E-state index is 12.7. The fourth-order valence-corrected chi connectivity index (χ4v) is 4.28. The summed E-state index contributed by atoms with van der Waals surface area (Å²) in [6.07, 6.45) is 1.81. The highest BCUT2D eigenvalue weighted by atomic mass is 35.5. The standard InChI is InChI=1S/C23H21ClN4O3S/c1-14-25-12-21(27-22(29)11-15-4-9-19(30-2)20(10-15)31-3)28(14)23-26-18(13-32-23)16-5-7-17(24)8-6-16/h4-10,12-13H,11H2,1-3H3,(H,27,29). The third-order valence-electron chi connectivity index (χ3n) is 4.84. The minimum atomic E-state index is -0.173. The van der Waals surface area contributed by atoms with Gasteiger partial charge in [-0.25, -0.2) is 9.97 Å². The van der Waals surface area contributed by atoms with Crippen molar-refractivity contribution < 1.29 is 14.3 Å². The number of amides is 1. The lowest BCUT2D eigenvalue weighted by atomic mass is 10.1. The number of aromatic nitrogens is 3. The van der Waals surface area contributed by atoms with E-state index in [4.69, 9.17) is 26.1 Å². The van der Waals surface area contributed by atoms with Gasteiger partial charge in [0, 0.05) is 16.0 Å². The summed E-state index contributed by atoms with van der Waals surface area (Å²) < 4.78 is 12.4. The number of rotatable bonds is 7. The van der Waals surface area contributed by atoms with Gasteiger partial charge < -0.3 is 14.8 Å². The first-order chi connectivity index (χ1) is 15.5. The number of anilines is 1. The van der Waals surface area contributed by atoms with Crippen LogP contribution in [0.15, 0.2) is 54.0 Å². The van der Waals surface area contributed by atoms with Crippen molar-refractivity contribution in [1.82, 2.24) is 14.5 Å². The molecule has 0 aliphatic rings. The Bertz CT molecular complexity index is 1250. The molecule has 0 atom stereocenters. The van der Waals surface area contributed by atoms with Crippen molar-refractivity contribution in [2.75, 3.05) is 19.5 Å². The van der Waals surface area contributed by atoms with Crippen LogP contribution in [0.4, 0.5) is 5.82 Å². The molecule has 2 aromatic carbocycles. The number of carbonyl (C=O) groups is 1. The number of ether oxygens (including phenoxy) is 2. The SMILES string of the molecule is COc1ccc(CC(=O)Nc2cnc(C)n2-c2nc(-c3ccc(Cl)cc3)cs2)cc1OC. The molecule has 4 rings (SSSR count). The Kier molecular flexibility index (Phi) is 6.43. The van der Waals surface area contributed by atoms with Crippen molar-refractivity contribution in [1.29, 1.82) is 0 Å². The summed E-state index contributed by atoms with van der Waals surface area (Å²) >= 11 is 7.45. The van der Waals surface area contributed by atoms with Crippen LogP contribution in [0.3, 0.4) is 0 Å². The number of thiazole rings is 1. The van der Waals surface area contributed by atoms with E-state index in [-0.39, 0.29) is 12.3 Å². The van der Waals surface area contributed by atoms with Gasteiger partial charge in [-0.1, -0.05) is 29.8 Å². The molecule has 7 nitrogen and oxygen atoms in total. The van der Waals surface area contributed by atoms with Gasteiger partial charge in [-0.3, -0.25) is 9.36 Å². The maximum Gasteiger partial charge on any atom is 0.229 e. The summed E-state index contributed by atoms with van der Waals surface area (Å²) in [5.74, 6) is 2.31. The van der Waals surface area contributed by atoms with Crippen molar-refractivity contribution in [3.8, 4) is 27.9 Å². The molecule has 2 aromatic heterocycles. The highest BCUT2D eigenvalue weighted by Crippen LogP contribution is 2.29. The second kappa shape index (κ2) is 9.42. The second-order valence-corrected chi connectivity index (χ2v) is 8.24. The number of nitrogens with zero attached hydrogens (tertiary/aromatic N) is 3. The number of nitrogens with one attached hydrogen (secondary N) is 1. The van der Waals surface area contributed by atoms with Crippen molar-refractivity contribution in [2.24, 2.45) is 0 Å². The molecule has 2 heterocycles. The van der Waals surface area contributed by atoms with Crippen LogP contribution in [0, 0.1) is 6.92 Å². The van der Waals surface area contributed by atoms with Gasteiger partial charge in [0.25, 0.3) is 0 Å². The van der Waals surface area contributed by atoms with Gasteiger partial charge in [0.05, 0.1) is 32.5 Å². The van der Waals surface area contributed by atoms with Crippen LogP contribution in [-0.2, 0) is 11.2 Å². The molecule has 0 aliphatic carbocycles. The van der Waals surface area contributed by atoms with Crippen molar-refractivity contribution in [2.45, 2.75) is 13.3 Å². The molecule has 0 aliphatic heterocycles. The zero-order chi connectivity index (χ0) is 22.7.